The van der Waals surface area contributed by atoms with Crippen molar-refractivity contribution in [1.82, 2.24) is 4.31 Å². The average molecular weight is 407 g/mol. The third kappa shape index (κ3) is 4.09. The number of ether oxygens (including phenoxy) is 1. The van der Waals surface area contributed by atoms with Crippen LogP contribution in [-0.2, 0) is 23.0 Å². The lowest BCUT2D eigenvalue weighted by Crippen LogP contribution is -2.36. The molecule has 0 aliphatic carbocycles. The highest BCUT2D eigenvalue weighted by atomic mass is 32.2. The summed E-state index contributed by atoms with van der Waals surface area (Å²) in [4.78, 5) is 12.6. The van der Waals surface area contributed by atoms with Crippen molar-refractivity contribution in [3.63, 3.8) is 0 Å². The summed E-state index contributed by atoms with van der Waals surface area (Å²) < 4.78 is 33.1. The lowest BCUT2D eigenvalue weighted by Gasteiger charge is -2.28. The van der Waals surface area contributed by atoms with Crippen molar-refractivity contribution in [2.45, 2.75) is 24.8 Å². The predicted molar refractivity (Wildman–Crippen MR) is 110 cm³/mol. The van der Waals surface area contributed by atoms with Crippen molar-refractivity contribution in [3.8, 4) is 5.75 Å². The van der Waals surface area contributed by atoms with Crippen LogP contribution in [0.1, 0.15) is 27.0 Å². The van der Waals surface area contributed by atoms with Gasteiger partial charge in [-0.3, -0.25) is 0 Å². The second-order valence-electron chi connectivity index (χ2n) is 7.09. The Bertz CT molecular complexity index is 1150. The fourth-order valence-electron chi connectivity index (χ4n) is 3.38. The molecule has 0 fully saturated rings. The van der Waals surface area contributed by atoms with Gasteiger partial charge in [-0.1, -0.05) is 48.0 Å². The van der Waals surface area contributed by atoms with Crippen LogP contribution in [0.4, 0.5) is 0 Å². The van der Waals surface area contributed by atoms with Crippen LogP contribution >= 0.6 is 0 Å². The molecule has 3 aromatic carbocycles. The Morgan fingerprint density at radius 2 is 1.66 bits per heavy atom. The number of esters is 1. The van der Waals surface area contributed by atoms with E-state index in [-0.39, 0.29) is 10.5 Å². The molecule has 148 valence electrons. The standard InChI is InChI=1S/C23H21NO4S/c1-17-9-11-21(12-10-17)28-23(25)19-7-4-8-22(15-19)29(26,27)24-14-13-18-5-2-3-6-20(18)16-24/h2-12,15H,13-14,16H2,1H3. The zero-order chi connectivity index (χ0) is 20.4. The van der Waals surface area contributed by atoms with Gasteiger partial charge in [-0.05, 0) is 54.8 Å². The van der Waals surface area contributed by atoms with Crippen molar-refractivity contribution >= 4 is 16.0 Å². The minimum Gasteiger partial charge on any atom is -0.423 e. The van der Waals surface area contributed by atoms with Crippen LogP contribution in [-0.4, -0.2) is 25.2 Å². The molecule has 0 atom stereocenters. The number of carbonyl (C=O) groups is 1. The van der Waals surface area contributed by atoms with E-state index in [4.69, 9.17) is 4.74 Å². The van der Waals surface area contributed by atoms with Gasteiger partial charge in [-0.25, -0.2) is 13.2 Å². The molecule has 0 spiro atoms. The maximum atomic E-state index is 13.1. The van der Waals surface area contributed by atoms with Crippen LogP contribution in [0, 0.1) is 6.92 Å². The molecular formula is C23H21NO4S. The van der Waals surface area contributed by atoms with E-state index in [9.17, 15) is 13.2 Å². The summed E-state index contributed by atoms with van der Waals surface area (Å²) in [5, 5.41) is 0. The number of hydrogen-bond donors (Lipinski definition) is 0. The number of nitrogens with zero attached hydrogens (tertiary/aromatic N) is 1. The number of hydrogen-bond acceptors (Lipinski definition) is 4. The summed E-state index contributed by atoms with van der Waals surface area (Å²) in [6.45, 7) is 2.69. The number of carbonyl (C=O) groups excluding carboxylic acids is 1. The first-order valence-electron chi connectivity index (χ1n) is 9.39. The lowest BCUT2D eigenvalue weighted by molar-refractivity contribution is 0.0734. The van der Waals surface area contributed by atoms with Gasteiger partial charge in [0.25, 0.3) is 0 Å². The molecule has 29 heavy (non-hydrogen) atoms. The van der Waals surface area contributed by atoms with Gasteiger partial charge in [0, 0.05) is 13.1 Å². The van der Waals surface area contributed by atoms with Gasteiger partial charge in [-0.15, -0.1) is 0 Å². The van der Waals surface area contributed by atoms with E-state index < -0.39 is 16.0 Å². The average Bonchev–Trinajstić information content (AvgIpc) is 2.75. The molecule has 0 saturated carbocycles. The quantitative estimate of drug-likeness (QED) is 0.485. The van der Waals surface area contributed by atoms with E-state index in [2.05, 4.69) is 0 Å². The number of rotatable bonds is 4. The molecule has 0 unspecified atom stereocenters. The van der Waals surface area contributed by atoms with Crippen LogP contribution < -0.4 is 4.74 Å². The second-order valence-corrected chi connectivity index (χ2v) is 9.03. The molecular weight excluding hydrogens is 386 g/mol. The highest BCUT2D eigenvalue weighted by Gasteiger charge is 2.28. The third-order valence-electron chi connectivity index (χ3n) is 5.03. The van der Waals surface area contributed by atoms with Gasteiger partial charge in [0.1, 0.15) is 5.75 Å². The van der Waals surface area contributed by atoms with E-state index in [1.807, 2.05) is 43.3 Å². The maximum Gasteiger partial charge on any atom is 0.343 e. The van der Waals surface area contributed by atoms with Crippen molar-refractivity contribution in [2.75, 3.05) is 6.54 Å². The maximum absolute atomic E-state index is 13.1. The largest absolute Gasteiger partial charge is 0.423 e. The van der Waals surface area contributed by atoms with Crippen LogP contribution in [0.2, 0.25) is 0 Å². The smallest absolute Gasteiger partial charge is 0.343 e. The Morgan fingerprint density at radius 3 is 2.41 bits per heavy atom. The summed E-state index contributed by atoms with van der Waals surface area (Å²) in [6, 6.07) is 21.0. The Kier molecular flexibility index (Phi) is 5.22. The topological polar surface area (TPSA) is 63.7 Å². The Morgan fingerprint density at radius 1 is 0.931 bits per heavy atom. The van der Waals surface area contributed by atoms with Crippen molar-refractivity contribution in [2.24, 2.45) is 0 Å². The number of aryl methyl sites for hydroxylation is 1. The highest BCUT2D eigenvalue weighted by molar-refractivity contribution is 7.89. The zero-order valence-corrected chi connectivity index (χ0v) is 16.9. The van der Waals surface area contributed by atoms with Crippen LogP contribution in [0.15, 0.2) is 77.7 Å². The molecule has 6 heteroatoms. The van der Waals surface area contributed by atoms with Crippen LogP contribution in [0.3, 0.4) is 0 Å². The minimum absolute atomic E-state index is 0.0928. The zero-order valence-electron chi connectivity index (χ0n) is 16.0. The van der Waals surface area contributed by atoms with E-state index >= 15 is 0 Å². The third-order valence-corrected chi connectivity index (χ3v) is 6.88. The van der Waals surface area contributed by atoms with Gasteiger partial charge in [-0.2, -0.15) is 4.31 Å². The van der Waals surface area contributed by atoms with Gasteiger partial charge in [0.15, 0.2) is 0 Å². The van der Waals surface area contributed by atoms with Crippen molar-refractivity contribution in [1.29, 1.82) is 0 Å². The minimum atomic E-state index is -3.71. The summed E-state index contributed by atoms with van der Waals surface area (Å²) >= 11 is 0. The van der Waals surface area contributed by atoms with E-state index in [1.54, 1.807) is 24.3 Å². The summed E-state index contributed by atoms with van der Waals surface area (Å²) in [5.41, 5.74) is 3.44. The first-order valence-corrected chi connectivity index (χ1v) is 10.8. The SMILES string of the molecule is Cc1ccc(OC(=O)c2cccc(S(=O)(=O)N3CCc4ccccc4C3)c2)cc1. The Hall–Kier alpha value is -2.96. The second kappa shape index (κ2) is 7.81. The summed E-state index contributed by atoms with van der Waals surface area (Å²) in [7, 11) is -3.71. The molecule has 0 aromatic heterocycles. The van der Waals surface area contributed by atoms with Gasteiger partial charge in [0.2, 0.25) is 10.0 Å². The van der Waals surface area contributed by atoms with Crippen molar-refractivity contribution in [3.05, 3.63) is 95.1 Å². The van der Waals surface area contributed by atoms with E-state index in [0.29, 0.717) is 25.3 Å². The Balaban J connectivity index is 1.56. The molecule has 0 amide bonds. The monoisotopic (exact) mass is 407 g/mol. The highest BCUT2D eigenvalue weighted by Crippen LogP contribution is 2.25. The molecule has 0 saturated heterocycles. The van der Waals surface area contributed by atoms with Gasteiger partial charge >= 0.3 is 5.97 Å². The molecule has 1 heterocycles. The molecule has 1 aliphatic heterocycles. The molecule has 0 radical (unpaired) electrons. The molecule has 5 nitrogen and oxygen atoms in total. The molecule has 0 bridgehead atoms. The van der Waals surface area contributed by atoms with Gasteiger partial charge < -0.3 is 4.74 Å². The molecule has 1 aliphatic rings. The molecule has 0 N–H and O–H groups in total. The Labute approximate surface area is 170 Å². The first kappa shape index (κ1) is 19.4. The lowest BCUT2D eigenvalue weighted by atomic mass is 10.0. The van der Waals surface area contributed by atoms with E-state index in [0.717, 1.165) is 11.1 Å². The molecule has 3 aromatic rings. The molecule has 4 rings (SSSR count). The first-order chi connectivity index (χ1) is 13.9. The number of benzene rings is 3. The summed E-state index contributed by atoms with van der Waals surface area (Å²) in [5.74, 6) is -0.170. The van der Waals surface area contributed by atoms with Gasteiger partial charge in [0.05, 0.1) is 10.5 Å². The van der Waals surface area contributed by atoms with Crippen molar-refractivity contribution < 1.29 is 17.9 Å². The van der Waals surface area contributed by atoms with Crippen LogP contribution in [0.25, 0.3) is 0 Å². The predicted octanol–water partition coefficient (Wildman–Crippen LogP) is 3.96. The normalized spacial score (nSPS) is 14.2. The summed E-state index contributed by atoms with van der Waals surface area (Å²) in [6.07, 6.45) is 0.671. The fourth-order valence-corrected chi connectivity index (χ4v) is 4.85. The fraction of sp³-hybridized carbons (Fsp3) is 0.174. The van der Waals surface area contributed by atoms with E-state index in [1.165, 1.54) is 22.0 Å². The number of fused-ring (bicyclic) bond motifs is 1. The number of sulfonamides is 1. The van der Waals surface area contributed by atoms with Crippen LogP contribution in [0.5, 0.6) is 5.75 Å².